The van der Waals surface area contributed by atoms with Crippen LogP contribution in [-0.4, -0.2) is 20.4 Å². The molecule has 3 aromatic rings. The highest BCUT2D eigenvalue weighted by molar-refractivity contribution is 6.31. The molecule has 2 heterocycles. The number of amides is 1. The molecule has 0 atom stereocenters. The highest BCUT2D eigenvalue weighted by Gasteiger charge is 2.13. The summed E-state index contributed by atoms with van der Waals surface area (Å²) in [6, 6.07) is 12.5. The fourth-order valence-electron chi connectivity index (χ4n) is 2.20. The van der Waals surface area contributed by atoms with Crippen LogP contribution in [0.15, 0.2) is 48.7 Å². The second kappa shape index (κ2) is 6.22. The molecule has 6 heteroatoms. The number of imidazole rings is 1. The maximum atomic E-state index is 12.3. The summed E-state index contributed by atoms with van der Waals surface area (Å²) in [6.45, 7) is 1.92. The molecule has 1 aromatic carbocycles. The van der Waals surface area contributed by atoms with Crippen molar-refractivity contribution in [2.75, 3.05) is 5.32 Å². The van der Waals surface area contributed by atoms with E-state index in [1.54, 1.807) is 28.8 Å². The van der Waals surface area contributed by atoms with Gasteiger partial charge in [0.05, 0.1) is 5.69 Å². The lowest BCUT2D eigenvalue weighted by Gasteiger charge is -2.04. The van der Waals surface area contributed by atoms with Crippen molar-refractivity contribution in [3.05, 3.63) is 64.9 Å². The lowest BCUT2D eigenvalue weighted by molar-refractivity contribution is 0.102. The van der Waals surface area contributed by atoms with Gasteiger partial charge in [-0.3, -0.25) is 15.1 Å². The average Bonchev–Trinajstić information content (AvgIpc) is 2.88. The van der Waals surface area contributed by atoms with Crippen molar-refractivity contribution in [2.45, 2.75) is 6.92 Å². The largest absolute Gasteiger partial charge is 0.320 e. The van der Waals surface area contributed by atoms with Crippen LogP contribution in [0.3, 0.4) is 0 Å². The number of benzene rings is 1. The van der Waals surface area contributed by atoms with Crippen molar-refractivity contribution >= 4 is 23.5 Å². The molecule has 0 radical (unpaired) electrons. The molecule has 1 amide bonds. The van der Waals surface area contributed by atoms with Crippen LogP contribution in [0.25, 0.3) is 11.4 Å². The van der Waals surface area contributed by atoms with Crippen molar-refractivity contribution in [1.82, 2.24) is 14.5 Å². The van der Waals surface area contributed by atoms with E-state index in [4.69, 9.17) is 11.6 Å². The minimum atomic E-state index is -0.259. The van der Waals surface area contributed by atoms with E-state index in [1.807, 2.05) is 38.4 Å². The Kier molecular flexibility index (Phi) is 4.12. The van der Waals surface area contributed by atoms with Gasteiger partial charge < -0.3 is 4.57 Å². The SMILES string of the molecule is Cc1cccc(-c2cn(C)c(NC(=O)c3cccc(Cl)c3)n2)n1. The van der Waals surface area contributed by atoms with Crippen LogP contribution in [-0.2, 0) is 7.05 Å². The Balaban J connectivity index is 1.85. The van der Waals surface area contributed by atoms with Gasteiger partial charge >= 0.3 is 0 Å². The van der Waals surface area contributed by atoms with Crippen LogP contribution in [0.1, 0.15) is 16.1 Å². The molecule has 0 fully saturated rings. The van der Waals surface area contributed by atoms with E-state index in [1.165, 1.54) is 0 Å². The van der Waals surface area contributed by atoms with Crippen LogP contribution in [0.5, 0.6) is 0 Å². The third-order valence-electron chi connectivity index (χ3n) is 3.34. The second-order valence-electron chi connectivity index (χ2n) is 5.19. The first-order valence-electron chi connectivity index (χ1n) is 7.07. The van der Waals surface area contributed by atoms with Gasteiger partial charge in [0.2, 0.25) is 5.95 Å². The Morgan fingerprint density at radius 2 is 1.91 bits per heavy atom. The first kappa shape index (κ1) is 15.2. The molecular formula is C17H15ClN4O. The molecule has 0 aliphatic rings. The maximum Gasteiger partial charge on any atom is 0.258 e. The number of aryl methyl sites for hydroxylation is 2. The summed E-state index contributed by atoms with van der Waals surface area (Å²) in [7, 11) is 1.82. The molecule has 5 nitrogen and oxygen atoms in total. The van der Waals surface area contributed by atoms with Crippen molar-refractivity contribution in [2.24, 2.45) is 7.05 Å². The monoisotopic (exact) mass is 326 g/mol. The van der Waals surface area contributed by atoms with Crippen LogP contribution >= 0.6 is 11.6 Å². The van der Waals surface area contributed by atoms with E-state index < -0.39 is 0 Å². The molecule has 23 heavy (non-hydrogen) atoms. The van der Waals surface area contributed by atoms with Gasteiger partial charge in [0.15, 0.2) is 0 Å². The summed E-state index contributed by atoms with van der Waals surface area (Å²) in [5, 5.41) is 3.30. The van der Waals surface area contributed by atoms with Gasteiger partial charge in [-0.1, -0.05) is 23.7 Å². The van der Waals surface area contributed by atoms with Crippen molar-refractivity contribution in [1.29, 1.82) is 0 Å². The number of nitrogens with zero attached hydrogens (tertiary/aromatic N) is 3. The lowest BCUT2D eigenvalue weighted by Crippen LogP contribution is -2.14. The van der Waals surface area contributed by atoms with Gasteiger partial charge in [-0.05, 0) is 37.3 Å². The van der Waals surface area contributed by atoms with Crippen LogP contribution < -0.4 is 5.32 Å². The smallest absolute Gasteiger partial charge is 0.258 e. The van der Waals surface area contributed by atoms with Crippen LogP contribution in [0, 0.1) is 6.92 Å². The second-order valence-corrected chi connectivity index (χ2v) is 5.63. The summed E-state index contributed by atoms with van der Waals surface area (Å²) < 4.78 is 1.75. The van der Waals surface area contributed by atoms with Gasteiger partial charge in [0, 0.05) is 29.5 Å². The molecule has 0 saturated carbocycles. The predicted molar refractivity (Wildman–Crippen MR) is 90.6 cm³/mol. The van der Waals surface area contributed by atoms with Crippen molar-refractivity contribution in [3.63, 3.8) is 0 Å². The van der Waals surface area contributed by atoms with Crippen molar-refractivity contribution < 1.29 is 4.79 Å². The predicted octanol–water partition coefficient (Wildman–Crippen LogP) is 3.70. The van der Waals surface area contributed by atoms with Crippen LogP contribution in [0.2, 0.25) is 5.02 Å². The number of pyridine rings is 1. The molecule has 1 N–H and O–H groups in total. The molecule has 0 saturated heterocycles. The summed E-state index contributed by atoms with van der Waals surface area (Å²) in [4.78, 5) is 21.2. The summed E-state index contributed by atoms with van der Waals surface area (Å²) in [6.07, 6.45) is 1.83. The van der Waals surface area contributed by atoms with E-state index in [-0.39, 0.29) is 5.91 Å². The fourth-order valence-corrected chi connectivity index (χ4v) is 2.39. The van der Waals surface area contributed by atoms with Gasteiger partial charge in [0.1, 0.15) is 5.69 Å². The molecule has 0 spiro atoms. The van der Waals surface area contributed by atoms with Gasteiger partial charge in [-0.2, -0.15) is 0 Å². The number of hydrogen-bond acceptors (Lipinski definition) is 3. The number of anilines is 1. The van der Waals surface area contributed by atoms with E-state index in [9.17, 15) is 4.79 Å². The topological polar surface area (TPSA) is 59.8 Å². The molecule has 0 unspecified atom stereocenters. The maximum absolute atomic E-state index is 12.3. The van der Waals surface area contributed by atoms with E-state index >= 15 is 0 Å². The zero-order valence-electron chi connectivity index (χ0n) is 12.7. The first-order valence-corrected chi connectivity index (χ1v) is 7.45. The van der Waals surface area contributed by atoms with Crippen molar-refractivity contribution in [3.8, 4) is 11.4 Å². The molecule has 0 aliphatic heterocycles. The number of halogens is 1. The number of carbonyl (C=O) groups excluding carboxylic acids is 1. The third-order valence-corrected chi connectivity index (χ3v) is 3.57. The highest BCUT2D eigenvalue weighted by atomic mass is 35.5. The number of aromatic nitrogens is 3. The minimum absolute atomic E-state index is 0.259. The van der Waals surface area contributed by atoms with E-state index in [0.717, 1.165) is 11.4 Å². The summed E-state index contributed by atoms with van der Waals surface area (Å²) in [5.74, 6) is 0.193. The Hall–Kier alpha value is -2.66. The third kappa shape index (κ3) is 3.40. The van der Waals surface area contributed by atoms with E-state index in [2.05, 4.69) is 15.3 Å². The standard InChI is InChI=1S/C17H15ClN4O/c1-11-5-3-8-14(19-11)15-10-22(2)17(20-15)21-16(23)12-6-4-7-13(18)9-12/h3-10H,1-2H3,(H,20,21,23). The molecule has 3 rings (SSSR count). The number of nitrogens with one attached hydrogen (secondary N) is 1. The molecule has 116 valence electrons. The molecule has 0 bridgehead atoms. The molecular weight excluding hydrogens is 312 g/mol. The first-order chi connectivity index (χ1) is 11.0. The fraction of sp³-hybridized carbons (Fsp3) is 0.118. The Labute approximate surface area is 139 Å². The zero-order valence-corrected chi connectivity index (χ0v) is 13.5. The van der Waals surface area contributed by atoms with Gasteiger partial charge in [-0.25, -0.2) is 4.98 Å². The summed E-state index contributed by atoms with van der Waals surface area (Å²) >= 11 is 5.91. The van der Waals surface area contributed by atoms with E-state index in [0.29, 0.717) is 22.2 Å². The quantitative estimate of drug-likeness (QED) is 0.798. The molecule has 2 aromatic heterocycles. The highest BCUT2D eigenvalue weighted by Crippen LogP contribution is 2.19. The summed E-state index contributed by atoms with van der Waals surface area (Å²) in [5.41, 5.74) is 2.87. The average molecular weight is 327 g/mol. The number of carbonyl (C=O) groups is 1. The van der Waals surface area contributed by atoms with Crippen LogP contribution in [0.4, 0.5) is 5.95 Å². The lowest BCUT2D eigenvalue weighted by atomic mass is 10.2. The number of hydrogen-bond donors (Lipinski definition) is 1. The Morgan fingerprint density at radius 3 is 2.65 bits per heavy atom. The van der Waals surface area contributed by atoms with Gasteiger partial charge in [-0.15, -0.1) is 0 Å². The number of rotatable bonds is 3. The molecule has 0 aliphatic carbocycles. The Morgan fingerprint density at radius 1 is 1.13 bits per heavy atom. The normalized spacial score (nSPS) is 10.6. The van der Waals surface area contributed by atoms with Gasteiger partial charge in [0.25, 0.3) is 5.91 Å². The zero-order chi connectivity index (χ0) is 16.4. The Bertz CT molecular complexity index is 873. The minimum Gasteiger partial charge on any atom is -0.320 e.